The molecule has 0 aromatic heterocycles. The molecule has 1 aliphatic heterocycles. The molecular formula is C13H19BrFNSi. The standard InChI is InChI=1S/C13H19BrFNSi/c1-3-17(4-2)11-6-9-5-10(14)7-12(15)13(9)16-8-11/h5,7,11,16-17H,3-4,6,8H2,1-2H3/t11-/m1/s1. The summed E-state index contributed by atoms with van der Waals surface area (Å²) in [5.74, 6) is -0.126. The summed E-state index contributed by atoms with van der Waals surface area (Å²) < 4.78 is 14.6. The van der Waals surface area contributed by atoms with Gasteiger partial charge in [-0.3, -0.25) is 0 Å². The van der Waals surface area contributed by atoms with E-state index in [0.717, 1.165) is 34.2 Å². The second-order valence-corrected chi connectivity index (χ2v) is 9.86. The summed E-state index contributed by atoms with van der Waals surface area (Å²) in [5.41, 5.74) is 2.64. The molecule has 17 heavy (non-hydrogen) atoms. The zero-order valence-corrected chi connectivity index (χ0v) is 13.1. The van der Waals surface area contributed by atoms with E-state index in [1.807, 2.05) is 0 Å². The molecule has 0 saturated carbocycles. The maximum Gasteiger partial charge on any atom is 0.147 e. The first kappa shape index (κ1) is 13.1. The van der Waals surface area contributed by atoms with Gasteiger partial charge in [-0.25, -0.2) is 4.39 Å². The van der Waals surface area contributed by atoms with E-state index >= 15 is 0 Å². The van der Waals surface area contributed by atoms with Crippen molar-refractivity contribution >= 4 is 30.4 Å². The zero-order valence-electron chi connectivity index (χ0n) is 10.4. The van der Waals surface area contributed by atoms with Gasteiger partial charge in [0.1, 0.15) is 5.82 Å². The number of halogens is 2. The Bertz CT molecular complexity index is 407. The van der Waals surface area contributed by atoms with Gasteiger partial charge in [-0.15, -0.1) is 0 Å². The summed E-state index contributed by atoms with van der Waals surface area (Å²) in [7, 11) is -0.664. The second-order valence-electron chi connectivity index (χ2n) is 4.84. The van der Waals surface area contributed by atoms with Gasteiger partial charge in [0.25, 0.3) is 0 Å². The average molecular weight is 316 g/mol. The van der Waals surface area contributed by atoms with Crippen molar-refractivity contribution in [3.8, 4) is 0 Å². The van der Waals surface area contributed by atoms with Crippen molar-refractivity contribution in [2.24, 2.45) is 0 Å². The highest BCUT2D eigenvalue weighted by Crippen LogP contribution is 2.35. The molecule has 1 heterocycles. The predicted molar refractivity (Wildman–Crippen MR) is 78.2 cm³/mol. The normalized spacial score (nSPS) is 19.0. The summed E-state index contributed by atoms with van der Waals surface area (Å²) in [6, 6.07) is 6.29. The van der Waals surface area contributed by atoms with Crippen LogP contribution < -0.4 is 5.32 Å². The minimum atomic E-state index is -0.664. The lowest BCUT2D eigenvalue weighted by molar-refractivity contribution is 0.621. The molecule has 0 radical (unpaired) electrons. The van der Waals surface area contributed by atoms with E-state index in [1.165, 1.54) is 12.1 Å². The molecule has 0 saturated heterocycles. The van der Waals surface area contributed by atoms with Crippen LogP contribution in [-0.2, 0) is 6.42 Å². The molecule has 1 aliphatic rings. The summed E-state index contributed by atoms with van der Waals surface area (Å²) in [4.78, 5) is 0. The number of anilines is 1. The molecule has 94 valence electrons. The Morgan fingerprint density at radius 2 is 2.12 bits per heavy atom. The van der Waals surface area contributed by atoms with Gasteiger partial charge in [-0.2, -0.15) is 0 Å². The number of hydrogen-bond donors (Lipinski definition) is 1. The fraction of sp³-hybridized carbons (Fsp3) is 0.538. The quantitative estimate of drug-likeness (QED) is 0.825. The molecule has 1 atom stereocenters. The van der Waals surface area contributed by atoms with Crippen LogP contribution in [0.5, 0.6) is 0 Å². The van der Waals surface area contributed by atoms with Crippen molar-refractivity contribution in [1.82, 2.24) is 0 Å². The molecule has 0 bridgehead atoms. The smallest absolute Gasteiger partial charge is 0.147 e. The van der Waals surface area contributed by atoms with Crippen LogP contribution in [-0.4, -0.2) is 15.3 Å². The third-order valence-corrected chi connectivity index (χ3v) is 8.24. The topological polar surface area (TPSA) is 12.0 Å². The van der Waals surface area contributed by atoms with Crippen molar-refractivity contribution in [1.29, 1.82) is 0 Å². The van der Waals surface area contributed by atoms with Gasteiger partial charge >= 0.3 is 0 Å². The maximum atomic E-state index is 13.7. The predicted octanol–water partition coefficient (Wildman–Crippen LogP) is 4.19. The van der Waals surface area contributed by atoms with Gasteiger partial charge in [-0.1, -0.05) is 41.9 Å². The van der Waals surface area contributed by atoms with Crippen LogP contribution in [0.3, 0.4) is 0 Å². The highest BCUT2D eigenvalue weighted by Gasteiger charge is 2.26. The molecule has 0 amide bonds. The third-order valence-electron chi connectivity index (χ3n) is 3.88. The van der Waals surface area contributed by atoms with E-state index in [-0.39, 0.29) is 5.82 Å². The molecule has 1 aromatic carbocycles. The Labute approximate surface area is 113 Å². The molecule has 2 rings (SSSR count). The van der Waals surface area contributed by atoms with E-state index in [4.69, 9.17) is 0 Å². The van der Waals surface area contributed by atoms with Gasteiger partial charge in [-0.05, 0) is 29.7 Å². The Morgan fingerprint density at radius 1 is 1.41 bits per heavy atom. The number of nitrogens with one attached hydrogen (secondary N) is 1. The van der Waals surface area contributed by atoms with E-state index in [1.54, 1.807) is 6.07 Å². The summed E-state index contributed by atoms with van der Waals surface area (Å²) in [5, 5.41) is 3.30. The van der Waals surface area contributed by atoms with Crippen molar-refractivity contribution in [2.75, 3.05) is 11.9 Å². The SMILES string of the molecule is CC[SiH](CC)[C@H]1CNc2c(F)cc(Br)cc2C1. The summed E-state index contributed by atoms with van der Waals surface area (Å²) in [6.45, 7) is 5.57. The number of benzene rings is 1. The first-order valence-electron chi connectivity index (χ1n) is 6.37. The summed E-state index contributed by atoms with van der Waals surface area (Å²) in [6.07, 6.45) is 1.05. The van der Waals surface area contributed by atoms with E-state index in [2.05, 4.69) is 41.2 Å². The molecule has 4 heteroatoms. The van der Waals surface area contributed by atoms with Gasteiger partial charge in [0, 0.05) is 19.8 Å². The van der Waals surface area contributed by atoms with E-state index in [9.17, 15) is 4.39 Å². The van der Waals surface area contributed by atoms with Crippen molar-refractivity contribution in [2.45, 2.75) is 37.9 Å². The van der Waals surface area contributed by atoms with Gasteiger partial charge in [0.15, 0.2) is 0 Å². The number of rotatable bonds is 3. The lowest BCUT2D eigenvalue weighted by atomic mass is 10.0. The number of hydrogen-bond acceptors (Lipinski definition) is 1. The molecule has 1 N–H and O–H groups in total. The van der Waals surface area contributed by atoms with Crippen LogP contribution in [0.25, 0.3) is 0 Å². The van der Waals surface area contributed by atoms with E-state index < -0.39 is 8.80 Å². The maximum absolute atomic E-state index is 13.7. The van der Waals surface area contributed by atoms with Crippen molar-refractivity contribution in [3.63, 3.8) is 0 Å². The zero-order chi connectivity index (χ0) is 12.4. The molecule has 0 unspecified atom stereocenters. The van der Waals surface area contributed by atoms with Crippen LogP contribution in [0.15, 0.2) is 16.6 Å². The first-order chi connectivity index (χ1) is 8.15. The summed E-state index contributed by atoms with van der Waals surface area (Å²) >= 11 is 3.38. The van der Waals surface area contributed by atoms with Crippen LogP contribution in [0.4, 0.5) is 10.1 Å². The second kappa shape index (κ2) is 5.53. The molecule has 0 aliphatic carbocycles. The molecule has 1 aromatic rings. The van der Waals surface area contributed by atoms with Crippen LogP contribution in [0, 0.1) is 5.82 Å². The lowest BCUT2D eigenvalue weighted by Crippen LogP contribution is -2.30. The van der Waals surface area contributed by atoms with Gasteiger partial charge in [0.05, 0.1) is 5.69 Å². The fourth-order valence-electron chi connectivity index (χ4n) is 2.86. The Hall–Kier alpha value is -0.353. The van der Waals surface area contributed by atoms with Crippen LogP contribution in [0.2, 0.25) is 17.6 Å². The average Bonchev–Trinajstić information content (AvgIpc) is 2.30. The van der Waals surface area contributed by atoms with Crippen LogP contribution >= 0.6 is 15.9 Å². The van der Waals surface area contributed by atoms with E-state index in [0.29, 0.717) is 0 Å². The Morgan fingerprint density at radius 3 is 2.76 bits per heavy atom. The monoisotopic (exact) mass is 315 g/mol. The Kier molecular flexibility index (Phi) is 4.25. The number of fused-ring (bicyclic) bond motifs is 1. The first-order valence-corrected chi connectivity index (χ1v) is 9.46. The minimum Gasteiger partial charge on any atom is -0.382 e. The molecular weight excluding hydrogens is 297 g/mol. The van der Waals surface area contributed by atoms with Gasteiger partial charge in [0.2, 0.25) is 0 Å². The van der Waals surface area contributed by atoms with Crippen molar-refractivity contribution < 1.29 is 4.39 Å². The highest BCUT2D eigenvalue weighted by molar-refractivity contribution is 9.10. The third kappa shape index (κ3) is 2.73. The fourth-order valence-corrected chi connectivity index (χ4v) is 6.29. The Balaban J connectivity index is 2.23. The highest BCUT2D eigenvalue weighted by atomic mass is 79.9. The minimum absolute atomic E-state index is 0.126. The van der Waals surface area contributed by atoms with Crippen molar-refractivity contribution in [3.05, 3.63) is 28.0 Å². The molecule has 0 spiro atoms. The van der Waals surface area contributed by atoms with Crippen LogP contribution in [0.1, 0.15) is 19.4 Å². The lowest BCUT2D eigenvalue weighted by Gasteiger charge is -2.31. The molecule has 1 nitrogen and oxygen atoms in total. The molecule has 0 fully saturated rings. The largest absolute Gasteiger partial charge is 0.382 e. The van der Waals surface area contributed by atoms with Gasteiger partial charge < -0.3 is 5.32 Å².